The monoisotopic (exact) mass is 496 g/mol. The number of benzene rings is 3. The maximum Gasteiger partial charge on any atom is 0.196 e. The maximum atomic E-state index is 13.3. The first-order valence-corrected chi connectivity index (χ1v) is 13.7. The molecule has 192 valence electrons. The summed E-state index contributed by atoms with van der Waals surface area (Å²) >= 11 is 0. The Labute approximate surface area is 218 Å². The quantitative estimate of drug-likeness (QED) is 0.170. The highest BCUT2D eigenvalue weighted by Crippen LogP contribution is 2.32. The van der Waals surface area contributed by atoms with Crippen LogP contribution >= 0.6 is 0 Å². The van der Waals surface area contributed by atoms with Crippen molar-refractivity contribution in [2.45, 2.75) is 58.4 Å². The Morgan fingerprint density at radius 3 is 2.16 bits per heavy atom. The van der Waals surface area contributed by atoms with Crippen molar-refractivity contribution in [3.8, 4) is 5.75 Å². The van der Waals surface area contributed by atoms with Gasteiger partial charge >= 0.3 is 0 Å². The van der Waals surface area contributed by atoms with E-state index in [1.54, 1.807) is 18.2 Å². The van der Waals surface area contributed by atoms with Crippen molar-refractivity contribution in [2.24, 2.45) is 0 Å². The molecule has 0 amide bonds. The van der Waals surface area contributed by atoms with E-state index in [-0.39, 0.29) is 17.3 Å². The van der Waals surface area contributed by atoms with E-state index in [1.165, 1.54) is 31.7 Å². The molecule has 0 aliphatic carbocycles. The molecule has 0 atom stereocenters. The molecule has 1 aromatic heterocycles. The Morgan fingerprint density at radius 2 is 1.49 bits per heavy atom. The largest absolute Gasteiger partial charge is 0.507 e. The summed E-state index contributed by atoms with van der Waals surface area (Å²) in [7, 11) is 0. The van der Waals surface area contributed by atoms with Gasteiger partial charge in [-0.2, -0.15) is 0 Å². The normalized spacial score (nSPS) is 13.8. The number of phenols is 1. The summed E-state index contributed by atoms with van der Waals surface area (Å²) in [6.07, 6.45) is 7.44. The Morgan fingerprint density at radius 1 is 0.811 bits per heavy atom. The summed E-state index contributed by atoms with van der Waals surface area (Å²) in [6.45, 7) is 6.33. The highest BCUT2D eigenvalue weighted by atomic mass is 16.3. The molecule has 0 saturated carbocycles. The van der Waals surface area contributed by atoms with Gasteiger partial charge in [0.05, 0.1) is 5.56 Å². The van der Waals surface area contributed by atoms with Crippen LogP contribution in [0.25, 0.3) is 21.8 Å². The fourth-order valence-corrected chi connectivity index (χ4v) is 5.36. The van der Waals surface area contributed by atoms with E-state index in [4.69, 9.17) is 0 Å². The first-order valence-electron chi connectivity index (χ1n) is 13.7. The molecule has 2 heterocycles. The molecular weight excluding hydrogens is 460 g/mol. The molecule has 0 unspecified atom stereocenters. The number of nitrogens with zero attached hydrogens (tertiary/aromatic N) is 2. The zero-order chi connectivity index (χ0) is 25.8. The number of likely N-dealkylation sites (tertiary alicyclic amines) is 1. The van der Waals surface area contributed by atoms with Gasteiger partial charge in [0.15, 0.2) is 11.6 Å². The summed E-state index contributed by atoms with van der Waals surface area (Å²) in [5, 5.41) is 12.2. The fourth-order valence-electron chi connectivity index (χ4n) is 5.36. The maximum absolute atomic E-state index is 13.3. The molecule has 4 aromatic rings. The van der Waals surface area contributed by atoms with Crippen LogP contribution < -0.4 is 0 Å². The second-order valence-corrected chi connectivity index (χ2v) is 10.2. The van der Waals surface area contributed by atoms with Crippen LogP contribution in [0, 0.1) is 0 Å². The van der Waals surface area contributed by atoms with E-state index in [9.17, 15) is 14.7 Å². The zero-order valence-corrected chi connectivity index (χ0v) is 21.7. The first kappa shape index (κ1) is 25.2. The molecule has 1 fully saturated rings. The van der Waals surface area contributed by atoms with Crippen molar-refractivity contribution in [1.29, 1.82) is 0 Å². The predicted octanol–water partition coefficient (Wildman–Crippen LogP) is 6.98. The molecule has 37 heavy (non-hydrogen) atoms. The van der Waals surface area contributed by atoms with Crippen molar-refractivity contribution in [2.75, 3.05) is 19.6 Å². The lowest BCUT2D eigenvalue weighted by Gasteiger charge is -2.30. The number of hydrogen-bond acceptors (Lipinski definition) is 4. The topological polar surface area (TPSA) is 62.5 Å². The minimum atomic E-state index is -0.208. The molecule has 1 aliphatic heterocycles. The third kappa shape index (κ3) is 5.33. The predicted molar refractivity (Wildman–Crippen MR) is 150 cm³/mol. The van der Waals surface area contributed by atoms with Gasteiger partial charge in [0, 0.05) is 52.4 Å². The van der Waals surface area contributed by atoms with Crippen molar-refractivity contribution in [1.82, 2.24) is 9.47 Å². The highest BCUT2D eigenvalue weighted by molar-refractivity contribution is 6.16. The molecule has 0 bridgehead atoms. The van der Waals surface area contributed by atoms with Gasteiger partial charge in [-0.15, -0.1) is 0 Å². The number of phenolic OH excluding ortho intramolecular Hbond substituents is 1. The van der Waals surface area contributed by atoms with Gasteiger partial charge in [0.1, 0.15) is 5.75 Å². The van der Waals surface area contributed by atoms with Crippen LogP contribution in [0.1, 0.15) is 78.1 Å². The van der Waals surface area contributed by atoms with Gasteiger partial charge in [0.2, 0.25) is 0 Å². The van der Waals surface area contributed by atoms with E-state index in [0.29, 0.717) is 17.5 Å². The number of ketones is 2. The average molecular weight is 497 g/mol. The van der Waals surface area contributed by atoms with Crippen LogP contribution in [0.2, 0.25) is 0 Å². The Hall–Kier alpha value is -3.44. The van der Waals surface area contributed by atoms with Crippen LogP contribution in [0.5, 0.6) is 5.75 Å². The first-order chi connectivity index (χ1) is 18.1. The molecule has 5 heteroatoms. The fraction of sp³-hybridized carbons (Fsp3) is 0.375. The summed E-state index contributed by atoms with van der Waals surface area (Å²) in [4.78, 5) is 28.7. The van der Waals surface area contributed by atoms with Gasteiger partial charge in [0.25, 0.3) is 0 Å². The molecule has 0 spiro atoms. The lowest BCUT2D eigenvalue weighted by Crippen LogP contribution is -2.39. The minimum absolute atomic E-state index is 0.0172. The number of aromatic hydroxyl groups is 1. The van der Waals surface area contributed by atoms with Gasteiger partial charge in [-0.05, 0) is 74.5 Å². The number of fused-ring (bicyclic) bond motifs is 3. The Balaban J connectivity index is 1.51. The molecule has 1 saturated heterocycles. The number of Topliss-reactive ketones (excluding diaryl/α,β-unsaturated/α-hetero) is 1. The molecule has 3 aromatic carbocycles. The number of para-hydroxylation sites is 1. The number of rotatable bonds is 12. The van der Waals surface area contributed by atoms with Gasteiger partial charge in [-0.25, -0.2) is 0 Å². The van der Waals surface area contributed by atoms with Crippen LogP contribution in [-0.2, 0) is 6.54 Å². The number of carbonyl (C=O) groups excluding carboxylic acids is 2. The number of unbranched alkanes of at least 4 members (excludes halogenated alkanes) is 4. The Kier molecular flexibility index (Phi) is 7.71. The molecular formula is C32H36N2O3. The van der Waals surface area contributed by atoms with Crippen molar-refractivity contribution >= 4 is 33.4 Å². The van der Waals surface area contributed by atoms with E-state index in [1.807, 2.05) is 30.3 Å². The van der Waals surface area contributed by atoms with E-state index in [2.05, 4.69) is 22.5 Å². The second kappa shape index (κ2) is 11.3. The molecule has 5 nitrogen and oxygen atoms in total. The van der Waals surface area contributed by atoms with E-state index in [0.717, 1.165) is 66.4 Å². The van der Waals surface area contributed by atoms with Crippen LogP contribution in [0.3, 0.4) is 0 Å². The van der Waals surface area contributed by atoms with E-state index >= 15 is 0 Å². The standard InChI is InChI=1S/C32H36N2O3/c1-2-3-4-5-6-11-30(35)23-13-15-28-26(21-23)27-22-24(32(37)25-10-7-8-12-31(25)36)14-16-29(27)34(28)20-19-33-17-9-18-33/h7-8,10,12-16,21-22,36H,2-6,9,11,17-20H2,1H3. The average Bonchev–Trinajstić information content (AvgIpc) is 3.19. The van der Waals surface area contributed by atoms with E-state index < -0.39 is 0 Å². The highest BCUT2D eigenvalue weighted by Gasteiger charge is 2.19. The van der Waals surface area contributed by atoms with Gasteiger partial charge in [-0.3, -0.25) is 9.59 Å². The molecule has 1 N–H and O–H groups in total. The van der Waals surface area contributed by atoms with Crippen molar-refractivity contribution in [3.05, 3.63) is 77.4 Å². The number of hydrogen-bond donors (Lipinski definition) is 1. The smallest absolute Gasteiger partial charge is 0.196 e. The lowest BCUT2D eigenvalue weighted by atomic mass is 9.99. The zero-order valence-electron chi connectivity index (χ0n) is 21.7. The minimum Gasteiger partial charge on any atom is -0.507 e. The summed E-state index contributed by atoms with van der Waals surface area (Å²) in [5.41, 5.74) is 3.71. The Bertz CT molecular complexity index is 1430. The van der Waals surface area contributed by atoms with Gasteiger partial charge < -0.3 is 14.6 Å². The summed E-state index contributed by atoms with van der Waals surface area (Å²) in [6, 6.07) is 18.5. The van der Waals surface area contributed by atoms with Crippen LogP contribution in [-0.4, -0.2) is 45.8 Å². The number of carbonyl (C=O) groups is 2. The third-order valence-corrected chi connectivity index (χ3v) is 7.69. The number of aromatic nitrogens is 1. The summed E-state index contributed by atoms with van der Waals surface area (Å²) in [5.74, 6) is -0.0431. The van der Waals surface area contributed by atoms with Crippen molar-refractivity contribution in [3.63, 3.8) is 0 Å². The van der Waals surface area contributed by atoms with Crippen molar-refractivity contribution < 1.29 is 14.7 Å². The molecule has 1 aliphatic rings. The van der Waals surface area contributed by atoms with Crippen LogP contribution in [0.4, 0.5) is 0 Å². The molecule has 5 rings (SSSR count). The SMILES string of the molecule is CCCCCCCC(=O)c1ccc2c(c1)c1cc(C(=O)c3ccccc3O)ccc1n2CCN1CCC1. The second-order valence-electron chi connectivity index (χ2n) is 10.2. The van der Waals surface area contributed by atoms with Crippen LogP contribution in [0.15, 0.2) is 60.7 Å². The molecule has 0 radical (unpaired) electrons. The third-order valence-electron chi connectivity index (χ3n) is 7.69. The lowest BCUT2D eigenvalue weighted by molar-refractivity contribution is 0.0978. The van der Waals surface area contributed by atoms with Gasteiger partial charge in [-0.1, -0.05) is 44.7 Å². The summed E-state index contributed by atoms with van der Waals surface area (Å²) < 4.78 is 2.32.